The first-order chi connectivity index (χ1) is 10.1. The van der Waals surface area contributed by atoms with Crippen molar-refractivity contribution in [2.45, 2.75) is 31.3 Å². The Morgan fingerprint density at radius 3 is 3.00 bits per heavy atom. The van der Waals surface area contributed by atoms with Crippen LogP contribution in [0.3, 0.4) is 0 Å². The third kappa shape index (κ3) is 2.53. The van der Waals surface area contributed by atoms with E-state index in [0.717, 1.165) is 12.8 Å². The van der Waals surface area contributed by atoms with E-state index < -0.39 is 17.8 Å². The minimum absolute atomic E-state index is 0.0317. The molecule has 1 aromatic rings. The van der Waals surface area contributed by atoms with E-state index in [-0.39, 0.29) is 22.7 Å². The summed E-state index contributed by atoms with van der Waals surface area (Å²) in [5, 5.41) is -0.110. The predicted octanol–water partition coefficient (Wildman–Crippen LogP) is 2.70. The van der Waals surface area contributed by atoms with Gasteiger partial charge in [-0.25, -0.2) is 9.18 Å². The average Bonchev–Trinajstić information content (AvgIpc) is 2.89. The van der Waals surface area contributed by atoms with Crippen LogP contribution in [0.25, 0.3) is 0 Å². The molecule has 2 heterocycles. The Labute approximate surface area is 126 Å². The summed E-state index contributed by atoms with van der Waals surface area (Å²) in [6.07, 6.45) is 5.28. The fourth-order valence-corrected chi connectivity index (χ4v) is 3.00. The van der Waals surface area contributed by atoms with Gasteiger partial charge in [0.2, 0.25) is 5.91 Å². The number of hydrogen-bond donors (Lipinski definition) is 0. The third-order valence-corrected chi connectivity index (χ3v) is 4.12. The van der Waals surface area contributed by atoms with E-state index in [2.05, 4.69) is 0 Å². The molecule has 0 aliphatic carbocycles. The van der Waals surface area contributed by atoms with Crippen molar-refractivity contribution in [3.8, 4) is 5.75 Å². The molecule has 0 N–H and O–H groups in total. The molecule has 1 saturated heterocycles. The first-order valence-corrected chi connectivity index (χ1v) is 7.10. The lowest BCUT2D eigenvalue weighted by atomic mass is 10.1. The number of amides is 1. The SMILES string of the molecule is O=C(Oc1cccc(Cl)c1F)C1CCC2CC=CC(=O)N21. The van der Waals surface area contributed by atoms with Gasteiger partial charge in [0.25, 0.3) is 0 Å². The number of ether oxygens (including phenoxy) is 1. The molecular formula is C15H13ClFNO3. The first kappa shape index (κ1) is 14.1. The molecule has 4 nitrogen and oxygen atoms in total. The zero-order valence-electron chi connectivity index (χ0n) is 11.1. The molecule has 2 aliphatic heterocycles. The van der Waals surface area contributed by atoms with Crippen molar-refractivity contribution < 1.29 is 18.7 Å². The maximum atomic E-state index is 13.8. The molecule has 110 valence electrons. The van der Waals surface area contributed by atoms with Crippen LogP contribution in [-0.2, 0) is 9.59 Å². The zero-order valence-corrected chi connectivity index (χ0v) is 11.8. The van der Waals surface area contributed by atoms with Gasteiger partial charge in [0, 0.05) is 6.04 Å². The van der Waals surface area contributed by atoms with E-state index in [4.69, 9.17) is 16.3 Å². The molecule has 0 aromatic heterocycles. The van der Waals surface area contributed by atoms with Crippen LogP contribution in [0.2, 0.25) is 5.02 Å². The zero-order chi connectivity index (χ0) is 15.0. The highest BCUT2D eigenvalue weighted by atomic mass is 35.5. The molecule has 0 bridgehead atoms. The number of fused-ring (bicyclic) bond motifs is 1. The van der Waals surface area contributed by atoms with Gasteiger partial charge < -0.3 is 9.64 Å². The molecule has 0 spiro atoms. The summed E-state index contributed by atoms with van der Waals surface area (Å²) in [6, 6.07) is 3.58. The summed E-state index contributed by atoms with van der Waals surface area (Å²) in [4.78, 5) is 25.7. The number of rotatable bonds is 2. The summed E-state index contributed by atoms with van der Waals surface area (Å²) in [5.41, 5.74) is 0. The quantitative estimate of drug-likeness (QED) is 0.623. The molecule has 0 saturated carbocycles. The van der Waals surface area contributed by atoms with Crippen LogP contribution < -0.4 is 4.74 Å². The van der Waals surface area contributed by atoms with Crippen molar-refractivity contribution in [1.82, 2.24) is 4.90 Å². The number of benzene rings is 1. The molecule has 2 atom stereocenters. The number of esters is 1. The molecule has 2 unspecified atom stereocenters. The van der Waals surface area contributed by atoms with Gasteiger partial charge in [0.15, 0.2) is 11.6 Å². The number of carbonyl (C=O) groups excluding carboxylic acids is 2. The second kappa shape index (κ2) is 5.48. The Bertz CT molecular complexity index is 631. The fraction of sp³-hybridized carbons (Fsp3) is 0.333. The molecule has 21 heavy (non-hydrogen) atoms. The lowest BCUT2D eigenvalue weighted by molar-refractivity contribution is -0.146. The van der Waals surface area contributed by atoms with E-state index >= 15 is 0 Å². The van der Waals surface area contributed by atoms with Crippen molar-refractivity contribution in [3.05, 3.63) is 41.2 Å². The predicted molar refractivity (Wildman–Crippen MR) is 74.5 cm³/mol. The van der Waals surface area contributed by atoms with Crippen LogP contribution >= 0.6 is 11.6 Å². The lowest BCUT2D eigenvalue weighted by Crippen LogP contribution is -2.46. The van der Waals surface area contributed by atoms with E-state index in [9.17, 15) is 14.0 Å². The summed E-state index contributed by atoms with van der Waals surface area (Å²) in [7, 11) is 0. The number of carbonyl (C=O) groups is 2. The largest absolute Gasteiger partial charge is 0.422 e. The van der Waals surface area contributed by atoms with E-state index in [0.29, 0.717) is 6.42 Å². The van der Waals surface area contributed by atoms with Crippen LogP contribution in [0.1, 0.15) is 19.3 Å². The summed E-state index contributed by atoms with van der Waals surface area (Å²) in [5.74, 6) is -1.80. The van der Waals surface area contributed by atoms with E-state index in [1.165, 1.54) is 29.2 Å². The molecule has 1 fully saturated rings. The van der Waals surface area contributed by atoms with Gasteiger partial charge in [0.05, 0.1) is 5.02 Å². The van der Waals surface area contributed by atoms with E-state index in [1.807, 2.05) is 6.08 Å². The first-order valence-electron chi connectivity index (χ1n) is 6.72. The monoisotopic (exact) mass is 309 g/mol. The van der Waals surface area contributed by atoms with Crippen molar-refractivity contribution in [3.63, 3.8) is 0 Å². The van der Waals surface area contributed by atoms with Crippen LogP contribution in [0.4, 0.5) is 4.39 Å². The molecule has 0 radical (unpaired) electrons. The number of halogens is 2. The fourth-order valence-electron chi connectivity index (χ4n) is 2.83. The maximum Gasteiger partial charge on any atom is 0.334 e. The molecule has 1 amide bonds. The normalized spacial score (nSPS) is 24.1. The van der Waals surface area contributed by atoms with Gasteiger partial charge in [-0.2, -0.15) is 0 Å². The van der Waals surface area contributed by atoms with Crippen molar-refractivity contribution in [2.24, 2.45) is 0 Å². The Morgan fingerprint density at radius 2 is 2.19 bits per heavy atom. The minimum Gasteiger partial charge on any atom is -0.422 e. The van der Waals surface area contributed by atoms with Crippen molar-refractivity contribution >= 4 is 23.5 Å². The highest BCUT2D eigenvalue weighted by Crippen LogP contribution is 2.31. The molecule has 3 rings (SSSR count). The molecule has 2 aliphatic rings. The van der Waals surface area contributed by atoms with Crippen molar-refractivity contribution in [2.75, 3.05) is 0 Å². The summed E-state index contributed by atoms with van der Waals surface area (Å²) in [6.45, 7) is 0. The minimum atomic E-state index is -0.771. The van der Waals surface area contributed by atoms with Gasteiger partial charge in [-0.05, 0) is 37.5 Å². The Morgan fingerprint density at radius 1 is 1.38 bits per heavy atom. The Kier molecular flexibility index (Phi) is 3.68. The van der Waals surface area contributed by atoms with Gasteiger partial charge >= 0.3 is 5.97 Å². The third-order valence-electron chi connectivity index (χ3n) is 3.82. The highest BCUT2D eigenvalue weighted by molar-refractivity contribution is 6.30. The number of hydrogen-bond acceptors (Lipinski definition) is 3. The standard InChI is InChI=1S/C15H13ClFNO3/c16-10-4-2-5-12(14(10)17)21-15(20)11-8-7-9-3-1-6-13(19)18(9)11/h1-2,4-6,9,11H,3,7-8H2. The molecular weight excluding hydrogens is 297 g/mol. The van der Waals surface area contributed by atoms with E-state index in [1.54, 1.807) is 0 Å². The van der Waals surface area contributed by atoms with Crippen LogP contribution in [0.5, 0.6) is 5.75 Å². The molecule has 1 aromatic carbocycles. The van der Waals surface area contributed by atoms with Crippen LogP contribution in [0.15, 0.2) is 30.4 Å². The Hall–Kier alpha value is -1.88. The Balaban J connectivity index is 1.78. The molecule has 6 heteroatoms. The summed E-state index contributed by atoms with van der Waals surface area (Å²) >= 11 is 5.65. The topological polar surface area (TPSA) is 46.6 Å². The number of nitrogens with zero attached hydrogens (tertiary/aromatic N) is 1. The maximum absolute atomic E-state index is 13.8. The van der Waals surface area contributed by atoms with Gasteiger partial charge in [0.1, 0.15) is 6.04 Å². The van der Waals surface area contributed by atoms with Gasteiger partial charge in [-0.1, -0.05) is 23.7 Å². The smallest absolute Gasteiger partial charge is 0.334 e. The second-order valence-corrected chi connectivity index (χ2v) is 5.51. The lowest BCUT2D eigenvalue weighted by Gasteiger charge is -2.30. The summed E-state index contributed by atoms with van der Waals surface area (Å²) < 4.78 is 18.8. The highest BCUT2D eigenvalue weighted by Gasteiger charge is 2.42. The second-order valence-electron chi connectivity index (χ2n) is 5.10. The van der Waals surface area contributed by atoms with Crippen LogP contribution in [0, 0.1) is 5.82 Å². The average molecular weight is 310 g/mol. The van der Waals surface area contributed by atoms with Crippen LogP contribution in [-0.4, -0.2) is 28.9 Å². The van der Waals surface area contributed by atoms with Crippen molar-refractivity contribution in [1.29, 1.82) is 0 Å². The van der Waals surface area contributed by atoms with Gasteiger partial charge in [-0.15, -0.1) is 0 Å². The van der Waals surface area contributed by atoms with Gasteiger partial charge in [-0.3, -0.25) is 4.79 Å².